The summed E-state index contributed by atoms with van der Waals surface area (Å²) in [5, 5.41) is 7.62. The summed E-state index contributed by atoms with van der Waals surface area (Å²) in [7, 11) is 0. The fourth-order valence-electron chi connectivity index (χ4n) is 0.131. The van der Waals surface area contributed by atoms with Crippen LogP contribution in [0.1, 0.15) is 0 Å². The molecule has 0 saturated heterocycles. The summed E-state index contributed by atoms with van der Waals surface area (Å²) in [6.45, 7) is -3.37. The lowest BCUT2D eigenvalue weighted by molar-refractivity contribution is -0.186. The number of halogens is 2. The molecule has 4 nitrogen and oxygen atoms in total. The van der Waals surface area contributed by atoms with Gasteiger partial charge in [0.05, 0.1) is 0 Å². The molecule has 0 heterocycles. The molecule has 0 unspecified atom stereocenters. The average Bonchev–Trinajstić information content (AvgIpc) is 1.63. The molecular weight excluding hydrogens is 138 g/mol. The number of carbonyl (C=O) groups excluding carboxylic acids is 1. The third kappa shape index (κ3) is 3.39. The van der Waals surface area contributed by atoms with E-state index in [-0.39, 0.29) is 0 Å². The van der Waals surface area contributed by atoms with Crippen LogP contribution in [0.25, 0.3) is 0 Å². The van der Waals surface area contributed by atoms with Gasteiger partial charge in [-0.2, -0.15) is 8.78 Å². The maximum absolute atomic E-state index is 10.9. The fraction of sp³-hybridized carbons (Fsp3) is 0.333. The largest absolute Gasteiger partial charge is 0.473 e. The van der Waals surface area contributed by atoms with Crippen LogP contribution in [0.5, 0.6) is 0 Å². The van der Waals surface area contributed by atoms with Crippen molar-refractivity contribution in [3.8, 4) is 0 Å². The maximum Gasteiger partial charge on any atom is 0.421 e. The molecule has 1 N–H and O–H groups in total. The van der Waals surface area contributed by atoms with Gasteiger partial charge in [0.1, 0.15) is 0 Å². The molecular formula is C3H2F2O4. The molecule has 52 valence electrons. The average molecular weight is 140 g/mol. The highest BCUT2D eigenvalue weighted by atomic mass is 19.3. The van der Waals surface area contributed by atoms with Gasteiger partial charge in [-0.25, -0.2) is 9.59 Å². The van der Waals surface area contributed by atoms with Crippen LogP contribution in [0.4, 0.5) is 8.78 Å². The molecule has 6 heteroatoms. The standard InChI is InChI=1S/C3H2F2O4/c4-3(5)9-2(8)1(6)7/h3H,(H,6,7). The van der Waals surface area contributed by atoms with Crippen molar-refractivity contribution < 1.29 is 28.2 Å². The van der Waals surface area contributed by atoms with Gasteiger partial charge in [0.25, 0.3) is 0 Å². The number of carbonyl (C=O) groups is 2. The summed E-state index contributed by atoms with van der Waals surface area (Å²) in [4.78, 5) is 19.1. The summed E-state index contributed by atoms with van der Waals surface area (Å²) in [6.07, 6.45) is 0. The van der Waals surface area contributed by atoms with E-state index in [9.17, 15) is 18.4 Å². The van der Waals surface area contributed by atoms with Crippen molar-refractivity contribution in [1.29, 1.82) is 0 Å². The van der Waals surface area contributed by atoms with Crippen molar-refractivity contribution in [3.05, 3.63) is 0 Å². The number of hydrogen-bond acceptors (Lipinski definition) is 3. The predicted molar refractivity (Wildman–Crippen MR) is 19.7 cm³/mol. The molecule has 0 atom stereocenters. The number of esters is 1. The van der Waals surface area contributed by atoms with E-state index in [0.29, 0.717) is 0 Å². The number of ether oxygens (including phenoxy) is 1. The molecule has 0 aliphatic carbocycles. The van der Waals surface area contributed by atoms with Crippen molar-refractivity contribution in [1.82, 2.24) is 0 Å². The van der Waals surface area contributed by atoms with Crippen molar-refractivity contribution in [2.45, 2.75) is 6.61 Å². The van der Waals surface area contributed by atoms with Crippen molar-refractivity contribution in [2.24, 2.45) is 0 Å². The van der Waals surface area contributed by atoms with E-state index in [4.69, 9.17) is 5.11 Å². The van der Waals surface area contributed by atoms with Crippen LogP contribution in [0.3, 0.4) is 0 Å². The van der Waals surface area contributed by atoms with Crippen molar-refractivity contribution in [2.75, 3.05) is 0 Å². The molecule has 0 saturated carbocycles. The van der Waals surface area contributed by atoms with E-state index in [1.54, 1.807) is 0 Å². The van der Waals surface area contributed by atoms with Crippen LogP contribution in [-0.2, 0) is 14.3 Å². The second kappa shape index (κ2) is 2.95. The molecule has 9 heavy (non-hydrogen) atoms. The number of carboxylic acid groups (broad SMARTS) is 1. The molecule has 0 rings (SSSR count). The van der Waals surface area contributed by atoms with Gasteiger partial charge in [-0.15, -0.1) is 0 Å². The Kier molecular flexibility index (Phi) is 2.56. The van der Waals surface area contributed by atoms with E-state index in [0.717, 1.165) is 0 Å². The summed E-state index contributed by atoms with van der Waals surface area (Å²) in [5.74, 6) is -3.99. The Bertz CT molecular complexity index is 132. The minimum absolute atomic E-state index is 1.95. The zero-order chi connectivity index (χ0) is 7.44. The predicted octanol–water partition coefficient (Wildman–Crippen LogP) is -0.163. The third-order valence-corrected chi connectivity index (χ3v) is 0.371. The Morgan fingerprint density at radius 2 is 1.89 bits per heavy atom. The maximum atomic E-state index is 10.9. The van der Waals surface area contributed by atoms with Gasteiger partial charge >= 0.3 is 18.6 Å². The summed E-state index contributed by atoms with van der Waals surface area (Å²) in [5.41, 5.74) is 0. The number of alkyl halides is 2. The summed E-state index contributed by atoms with van der Waals surface area (Å²) >= 11 is 0. The number of hydrogen-bond donors (Lipinski definition) is 1. The lowest BCUT2D eigenvalue weighted by atomic mass is 10.7. The normalized spacial score (nSPS) is 9.22. The minimum atomic E-state index is -3.37. The number of aliphatic carboxylic acids is 1. The minimum Gasteiger partial charge on any atom is -0.473 e. The smallest absolute Gasteiger partial charge is 0.421 e. The lowest BCUT2D eigenvalue weighted by Gasteiger charge is -1.95. The molecule has 0 aromatic carbocycles. The first kappa shape index (κ1) is 7.80. The van der Waals surface area contributed by atoms with Gasteiger partial charge in [0.2, 0.25) is 0 Å². The van der Waals surface area contributed by atoms with Gasteiger partial charge in [0.15, 0.2) is 0 Å². The highest BCUT2D eigenvalue weighted by Crippen LogP contribution is 1.93. The molecule has 0 fully saturated rings. The molecule has 0 radical (unpaired) electrons. The van der Waals surface area contributed by atoms with Gasteiger partial charge in [-0.05, 0) is 0 Å². The molecule has 0 amide bonds. The van der Waals surface area contributed by atoms with Gasteiger partial charge < -0.3 is 9.84 Å². The van der Waals surface area contributed by atoms with Crippen LogP contribution in [0, 0.1) is 0 Å². The first-order valence-corrected chi connectivity index (χ1v) is 1.76. The van der Waals surface area contributed by atoms with Crippen LogP contribution in [0.15, 0.2) is 0 Å². The Morgan fingerprint density at radius 3 is 2.00 bits per heavy atom. The van der Waals surface area contributed by atoms with Gasteiger partial charge in [-0.3, -0.25) is 0 Å². The highest BCUT2D eigenvalue weighted by Gasteiger charge is 2.17. The van der Waals surface area contributed by atoms with Crippen LogP contribution >= 0.6 is 0 Å². The van der Waals surface area contributed by atoms with Crippen molar-refractivity contribution >= 4 is 11.9 Å². The molecule has 0 aliphatic heterocycles. The topological polar surface area (TPSA) is 63.6 Å². The second-order valence-electron chi connectivity index (χ2n) is 0.971. The molecule has 0 aromatic heterocycles. The van der Waals surface area contributed by atoms with Crippen LogP contribution in [0.2, 0.25) is 0 Å². The second-order valence-corrected chi connectivity index (χ2v) is 0.971. The quantitative estimate of drug-likeness (QED) is 0.406. The Hall–Kier alpha value is -1.20. The first-order chi connectivity index (χ1) is 4.04. The van der Waals surface area contributed by atoms with E-state index in [2.05, 4.69) is 4.74 Å². The number of rotatable bonds is 1. The lowest BCUT2D eigenvalue weighted by Crippen LogP contribution is -2.18. The zero-order valence-electron chi connectivity index (χ0n) is 4.01. The van der Waals surface area contributed by atoms with Gasteiger partial charge in [-0.1, -0.05) is 0 Å². The fourth-order valence-corrected chi connectivity index (χ4v) is 0.131. The van der Waals surface area contributed by atoms with Crippen molar-refractivity contribution in [3.63, 3.8) is 0 Å². The SMILES string of the molecule is O=C(O)C(=O)OC(F)F. The first-order valence-electron chi connectivity index (χ1n) is 1.76. The molecule has 0 aliphatic rings. The van der Waals surface area contributed by atoms with Gasteiger partial charge in [0, 0.05) is 0 Å². The van der Waals surface area contributed by atoms with Crippen LogP contribution in [-0.4, -0.2) is 23.7 Å². The third-order valence-electron chi connectivity index (χ3n) is 0.371. The molecule has 0 bridgehead atoms. The summed E-state index contributed by atoms with van der Waals surface area (Å²) < 4.78 is 24.8. The van der Waals surface area contributed by atoms with E-state index < -0.39 is 18.6 Å². The van der Waals surface area contributed by atoms with E-state index in [1.807, 2.05) is 0 Å². The zero-order valence-corrected chi connectivity index (χ0v) is 4.01. The highest BCUT2D eigenvalue weighted by molar-refractivity contribution is 6.28. The number of carboxylic acids is 1. The Labute approximate surface area is 48.0 Å². The molecule has 0 aromatic rings. The van der Waals surface area contributed by atoms with E-state index >= 15 is 0 Å². The summed E-state index contributed by atoms with van der Waals surface area (Å²) in [6, 6.07) is 0. The Morgan fingerprint density at radius 1 is 1.44 bits per heavy atom. The monoisotopic (exact) mass is 140 g/mol. The Balaban J connectivity index is 3.65. The van der Waals surface area contributed by atoms with Crippen LogP contribution < -0.4 is 0 Å². The molecule has 0 spiro atoms. The van der Waals surface area contributed by atoms with E-state index in [1.165, 1.54) is 0 Å².